The fraction of sp³-hybridized carbons (Fsp3) is 0. The molecule has 1 aromatic carbocycles. The molecule has 0 fully saturated rings. The van der Waals surface area contributed by atoms with E-state index in [1.165, 1.54) is 11.1 Å². The Kier molecular flexibility index (Phi) is 4.56. The van der Waals surface area contributed by atoms with E-state index in [4.69, 9.17) is 0 Å². The third-order valence-electron chi connectivity index (χ3n) is 1.74. The molecule has 0 N–H and O–H groups in total. The molecule has 2 aromatic rings. The van der Waals surface area contributed by atoms with Crippen LogP contribution in [0.25, 0.3) is 11.1 Å². The zero-order valence-corrected chi connectivity index (χ0v) is 11.1. The smallest absolute Gasteiger partial charge is 1.00 e. The average molecular weight is 216 g/mol. The van der Waals surface area contributed by atoms with Crippen LogP contribution in [0, 0.1) is 0 Å². The first-order chi connectivity index (χ1) is 5.88. The molecule has 62 valence electrons. The Hall–Kier alpha value is 0.270. The van der Waals surface area contributed by atoms with Gasteiger partial charge < -0.3 is 1.43 Å². The number of rotatable bonds is 1. The third kappa shape index (κ3) is 2.61. The fourth-order valence-electron chi connectivity index (χ4n) is 1.14. The molecule has 3 heteroatoms. The average Bonchev–Trinajstić information content (AvgIpc) is 2.57. The summed E-state index contributed by atoms with van der Waals surface area (Å²) in [4.78, 5) is 1.04. The van der Waals surface area contributed by atoms with Crippen molar-refractivity contribution in [1.29, 1.82) is 0 Å². The van der Waals surface area contributed by atoms with Crippen molar-refractivity contribution in [3.05, 3.63) is 41.1 Å². The van der Waals surface area contributed by atoms with Gasteiger partial charge in [-0.15, -0.1) is 12.6 Å². The van der Waals surface area contributed by atoms with Gasteiger partial charge in [0, 0.05) is 4.90 Å². The molecule has 0 spiro atoms. The third-order valence-corrected chi connectivity index (χ3v) is 2.81. The molecule has 0 saturated heterocycles. The molecule has 2 rings (SSSR count). The predicted molar refractivity (Wildman–Crippen MR) is 58.1 cm³/mol. The van der Waals surface area contributed by atoms with Crippen LogP contribution in [0.5, 0.6) is 0 Å². The largest absolute Gasteiger partial charge is 1.00 e. The van der Waals surface area contributed by atoms with Gasteiger partial charge in [0.2, 0.25) is 0 Å². The topological polar surface area (TPSA) is 0 Å². The van der Waals surface area contributed by atoms with E-state index in [1.807, 2.05) is 18.2 Å². The van der Waals surface area contributed by atoms with Gasteiger partial charge in [0.25, 0.3) is 0 Å². The molecule has 0 bridgehead atoms. The Labute approximate surface area is 111 Å². The summed E-state index contributed by atoms with van der Waals surface area (Å²) in [5.74, 6) is 0. The van der Waals surface area contributed by atoms with E-state index in [9.17, 15) is 0 Å². The normalized spacial score (nSPS) is 9.31. The van der Waals surface area contributed by atoms with E-state index in [1.54, 1.807) is 11.3 Å². The van der Waals surface area contributed by atoms with Gasteiger partial charge in [0.05, 0.1) is 0 Å². The number of benzene rings is 1. The minimum absolute atomic E-state index is 0. The number of thiophene rings is 1. The van der Waals surface area contributed by atoms with Crippen LogP contribution in [-0.2, 0) is 0 Å². The summed E-state index contributed by atoms with van der Waals surface area (Å²) in [6.07, 6.45) is 0. The standard InChI is InChI=1S/C10H8S2.Na.H/c11-10-4-2-1-3-9(10)8-5-6-12-7-8;;/h1-7,11H;;/q;+1;-1. The monoisotopic (exact) mass is 216 g/mol. The zero-order chi connectivity index (χ0) is 8.39. The minimum Gasteiger partial charge on any atom is -1.00 e. The van der Waals surface area contributed by atoms with Crippen LogP contribution in [0.1, 0.15) is 1.43 Å². The van der Waals surface area contributed by atoms with E-state index in [2.05, 4.69) is 35.5 Å². The summed E-state index contributed by atoms with van der Waals surface area (Å²) < 4.78 is 0. The molecule has 0 aliphatic heterocycles. The number of hydrogen-bond donors (Lipinski definition) is 1. The van der Waals surface area contributed by atoms with Gasteiger partial charge >= 0.3 is 29.6 Å². The molecule has 0 aliphatic carbocycles. The van der Waals surface area contributed by atoms with Gasteiger partial charge in [0.15, 0.2) is 0 Å². The van der Waals surface area contributed by atoms with Crippen molar-refractivity contribution in [3.63, 3.8) is 0 Å². The number of thiol groups is 1. The van der Waals surface area contributed by atoms with Crippen molar-refractivity contribution in [2.24, 2.45) is 0 Å². The van der Waals surface area contributed by atoms with Gasteiger partial charge in [-0.25, -0.2) is 0 Å². The van der Waals surface area contributed by atoms with Crippen LogP contribution < -0.4 is 29.6 Å². The summed E-state index contributed by atoms with van der Waals surface area (Å²) in [5.41, 5.74) is 2.47. The van der Waals surface area contributed by atoms with Gasteiger partial charge in [0.1, 0.15) is 0 Å². The Balaban J connectivity index is 0.000000845. The van der Waals surface area contributed by atoms with Crippen molar-refractivity contribution in [3.8, 4) is 11.1 Å². The molecule has 0 radical (unpaired) electrons. The predicted octanol–water partition coefficient (Wildman–Crippen LogP) is 0.820. The molecule has 1 aromatic heterocycles. The Morgan fingerprint density at radius 1 is 1.15 bits per heavy atom. The molecule has 0 atom stereocenters. The van der Waals surface area contributed by atoms with Crippen molar-refractivity contribution >= 4 is 24.0 Å². The summed E-state index contributed by atoms with van der Waals surface area (Å²) in [7, 11) is 0. The van der Waals surface area contributed by atoms with Gasteiger partial charge in [-0.1, -0.05) is 18.2 Å². The second kappa shape index (κ2) is 5.23. The second-order valence-electron chi connectivity index (χ2n) is 2.53. The van der Waals surface area contributed by atoms with Gasteiger partial charge in [-0.05, 0) is 34.0 Å². The number of hydrogen-bond acceptors (Lipinski definition) is 2. The van der Waals surface area contributed by atoms with E-state index in [-0.39, 0.29) is 31.0 Å². The van der Waals surface area contributed by atoms with E-state index in [0.29, 0.717) is 0 Å². The zero-order valence-electron chi connectivity index (χ0n) is 8.40. The van der Waals surface area contributed by atoms with Gasteiger partial charge in [-0.2, -0.15) is 11.3 Å². The SMILES string of the molecule is Sc1ccccc1-c1ccsc1.[H-].[Na+]. The van der Waals surface area contributed by atoms with Crippen LogP contribution in [-0.4, -0.2) is 0 Å². The van der Waals surface area contributed by atoms with Crippen LogP contribution in [0.4, 0.5) is 0 Å². The molecular formula is C10H9NaS2. The van der Waals surface area contributed by atoms with Crippen LogP contribution >= 0.6 is 24.0 Å². The molecule has 13 heavy (non-hydrogen) atoms. The van der Waals surface area contributed by atoms with Crippen LogP contribution in [0.3, 0.4) is 0 Å². The summed E-state index contributed by atoms with van der Waals surface area (Å²) >= 11 is 6.10. The van der Waals surface area contributed by atoms with Crippen LogP contribution in [0.2, 0.25) is 0 Å². The van der Waals surface area contributed by atoms with Crippen LogP contribution in [0.15, 0.2) is 46.0 Å². The Morgan fingerprint density at radius 2 is 1.92 bits per heavy atom. The first-order valence-electron chi connectivity index (χ1n) is 3.68. The molecule has 0 unspecified atom stereocenters. The Morgan fingerprint density at radius 3 is 2.54 bits per heavy atom. The first kappa shape index (κ1) is 11.3. The van der Waals surface area contributed by atoms with E-state index in [0.717, 1.165) is 4.90 Å². The maximum atomic E-state index is 4.39. The molecule has 0 saturated carbocycles. The summed E-state index contributed by atoms with van der Waals surface area (Å²) in [6, 6.07) is 10.2. The van der Waals surface area contributed by atoms with Gasteiger partial charge in [-0.3, -0.25) is 0 Å². The summed E-state index contributed by atoms with van der Waals surface area (Å²) in [6.45, 7) is 0. The maximum Gasteiger partial charge on any atom is 1.00 e. The van der Waals surface area contributed by atoms with Crippen molar-refractivity contribution in [1.82, 2.24) is 0 Å². The molecule has 0 aliphatic rings. The molecule has 1 heterocycles. The second-order valence-corrected chi connectivity index (χ2v) is 3.79. The Bertz CT molecular complexity index is 373. The fourth-order valence-corrected chi connectivity index (χ4v) is 2.08. The van der Waals surface area contributed by atoms with Crippen molar-refractivity contribution < 1.29 is 31.0 Å². The summed E-state index contributed by atoms with van der Waals surface area (Å²) in [5, 5.41) is 4.21. The van der Waals surface area contributed by atoms with Crippen molar-refractivity contribution in [2.75, 3.05) is 0 Å². The first-order valence-corrected chi connectivity index (χ1v) is 5.07. The molecule has 0 nitrogen and oxygen atoms in total. The quantitative estimate of drug-likeness (QED) is 0.529. The maximum absolute atomic E-state index is 4.39. The minimum atomic E-state index is 0. The van der Waals surface area contributed by atoms with E-state index >= 15 is 0 Å². The molecular weight excluding hydrogens is 207 g/mol. The van der Waals surface area contributed by atoms with Crippen molar-refractivity contribution in [2.45, 2.75) is 4.90 Å². The molecule has 0 amide bonds. The van der Waals surface area contributed by atoms with E-state index < -0.39 is 0 Å².